The maximum Gasteiger partial charge on any atom is 0.412 e. The fourth-order valence-electron chi connectivity index (χ4n) is 3.34. The second-order valence-corrected chi connectivity index (χ2v) is 8.24. The molecule has 0 saturated heterocycles. The van der Waals surface area contributed by atoms with Crippen LogP contribution >= 0.6 is 11.6 Å². The van der Waals surface area contributed by atoms with Gasteiger partial charge in [0.1, 0.15) is 18.2 Å². The predicted molar refractivity (Wildman–Crippen MR) is 128 cm³/mol. The van der Waals surface area contributed by atoms with Crippen LogP contribution in [-0.4, -0.2) is 52.9 Å². The van der Waals surface area contributed by atoms with E-state index in [2.05, 4.69) is 15.6 Å². The Hall–Kier alpha value is -3.43. The summed E-state index contributed by atoms with van der Waals surface area (Å²) >= 11 is 5.93. The monoisotopic (exact) mass is 488 g/mol. The highest BCUT2D eigenvalue weighted by atomic mass is 35.5. The molecule has 0 aliphatic rings. The number of anilines is 1. The summed E-state index contributed by atoms with van der Waals surface area (Å²) in [6.07, 6.45) is 0.335. The lowest BCUT2D eigenvalue weighted by Crippen LogP contribution is -2.47. The minimum Gasteiger partial charge on any atom is -0.447 e. The Kier molecular flexibility index (Phi) is 8.61. The van der Waals surface area contributed by atoms with Gasteiger partial charge in [-0.2, -0.15) is 0 Å². The van der Waals surface area contributed by atoms with Crippen LogP contribution in [0.5, 0.6) is 0 Å². The zero-order valence-corrected chi connectivity index (χ0v) is 19.6. The third-order valence-electron chi connectivity index (χ3n) is 5.21. The molecule has 180 valence electrons. The van der Waals surface area contributed by atoms with Crippen molar-refractivity contribution in [2.24, 2.45) is 0 Å². The van der Waals surface area contributed by atoms with Crippen LogP contribution in [0.25, 0.3) is 10.8 Å². The Labute approximate surface area is 201 Å². The van der Waals surface area contributed by atoms with E-state index in [0.29, 0.717) is 11.4 Å². The number of pyridine rings is 1. The third kappa shape index (κ3) is 6.79. The lowest BCUT2D eigenvalue weighted by atomic mass is 10.1. The molecule has 8 nitrogen and oxygen atoms in total. The Morgan fingerprint density at radius 2 is 1.94 bits per heavy atom. The number of fused-ring (bicyclic) bond motifs is 1. The van der Waals surface area contributed by atoms with Crippen LogP contribution in [0.1, 0.15) is 18.9 Å². The Morgan fingerprint density at radius 1 is 1.21 bits per heavy atom. The third-order valence-corrected chi connectivity index (χ3v) is 5.63. The molecule has 3 amide bonds. The summed E-state index contributed by atoms with van der Waals surface area (Å²) in [5.74, 6) is -0.247. The molecule has 10 heteroatoms. The molecule has 1 heterocycles. The number of aromatic nitrogens is 1. The second-order valence-electron chi connectivity index (χ2n) is 7.86. The molecule has 0 aliphatic heterocycles. The van der Waals surface area contributed by atoms with Crippen LogP contribution in [0.3, 0.4) is 0 Å². The van der Waals surface area contributed by atoms with Crippen molar-refractivity contribution in [3.05, 3.63) is 71.1 Å². The summed E-state index contributed by atoms with van der Waals surface area (Å²) in [4.78, 5) is 30.4. The van der Waals surface area contributed by atoms with E-state index in [4.69, 9.17) is 16.3 Å². The number of rotatable bonds is 8. The number of aliphatic hydroxyl groups excluding tert-OH is 1. The molecule has 0 aliphatic carbocycles. The molecular weight excluding hydrogens is 463 g/mol. The number of hydrogen-bond donors (Lipinski definition) is 3. The fourth-order valence-corrected chi connectivity index (χ4v) is 3.54. The molecular formula is C24H26ClFN4O4. The SMILES string of the molecule is C[C@@H](O)C[C@@H](COC(=O)Nc1cc2ccccc2cn1)N(C)C(=O)NCc1cccc(F)c1Cl. The largest absolute Gasteiger partial charge is 0.447 e. The molecule has 0 radical (unpaired) electrons. The second kappa shape index (κ2) is 11.6. The van der Waals surface area contributed by atoms with Gasteiger partial charge in [0.2, 0.25) is 0 Å². The van der Waals surface area contributed by atoms with Crippen molar-refractivity contribution in [1.82, 2.24) is 15.2 Å². The van der Waals surface area contributed by atoms with E-state index in [1.807, 2.05) is 24.3 Å². The number of halogens is 2. The molecule has 0 saturated carbocycles. The maximum absolute atomic E-state index is 13.6. The van der Waals surface area contributed by atoms with Gasteiger partial charge in [0.15, 0.2) is 0 Å². The van der Waals surface area contributed by atoms with Crippen molar-refractivity contribution in [1.29, 1.82) is 0 Å². The van der Waals surface area contributed by atoms with Crippen molar-refractivity contribution in [3.63, 3.8) is 0 Å². The van der Waals surface area contributed by atoms with Gasteiger partial charge >= 0.3 is 12.1 Å². The van der Waals surface area contributed by atoms with Crippen molar-refractivity contribution >= 4 is 40.3 Å². The smallest absolute Gasteiger partial charge is 0.412 e. The molecule has 3 rings (SSSR count). The van der Waals surface area contributed by atoms with Crippen LogP contribution in [0.2, 0.25) is 5.02 Å². The standard InChI is InChI=1S/C24H26ClFN4O4/c1-15(31)10-19(30(2)23(32)28-13-18-8-5-9-20(26)22(18)25)14-34-24(33)29-21-11-16-6-3-4-7-17(16)12-27-21/h3-9,11-12,15,19,31H,10,13-14H2,1-2H3,(H,28,32)(H,27,29,33)/t15-,19+/m1/s1. The number of urea groups is 1. The Bertz CT molecular complexity index is 1160. The molecule has 0 fully saturated rings. The van der Waals surface area contributed by atoms with E-state index in [-0.39, 0.29) is 24.6 Å². The molecule has 0 bridgehead atoms. The van der Waals surface area contributed by atoms with Gasteiger partial charge in [-0.1, -0.05) is 48.0 Å². The molecule has 0 spiro atoms. The van der Waals surface area contributed by atoms with Crippen molar-refractivity contribution in [2.45, 2.75) is 32.0 Å². The van der Waals surface area contributed by atoms with Gasteiger partial charge in [-0.05, 0) is 36.4 Å². The van der Waals surface area contributed by atoms with E-state index < -0.39 is 30.1 Å². The molecule has 2 atom stereocenters. The number of aliphatic hydroxyl groups is 1. The lowest BCUT2D eigenvalue weighted by molar-refractivity contribution is 0.0847. The number of carbonyl (C=O) groups excluding carboxylic acids is 2. The molecule has 2 aromatic carbocycles. The van der Waals surface area contributed by atoms with Crippen LogP contribution in [0.15, 0.2) is 54.7 Å². The van der Waals surface area contributed by atoms with Crippen molar-refractivity contribution in [3.8, 4) is 0 Å². The van der Waals surface area contributed by atoms with Crippen LogP contribution in [0, 0.1) is 5.82 Å². The average molecular weight is 489 g/mol. The number of benzene rings is 2. The highest BCUT2D eigenvalue weighted by Gasteiger charge is 2.23. The quantitative estimate of drug-likeness (QED) is 0.431. The summed E-state index contributed by atoms with van der Waals surface area (Å²) in [6, 6.07) is 12.5. The van der Waals surface area contributed by atoms with Crippen LogP contribution in [-0.2, 0) is 11.3 Å². The van der Waals surface area contributed by atoms with Crippen LogP contribution in [0.4, 0.5) is 19.8 Å². The lowest BCUT2D eigenvalue weighted by Gasteiger charge is -2.29. The summed E-state index contributed by atoms with van der Waals surface area (Å²) in [6.45, 7) is 1.43. The zero-order valence-electron chi connectivity index (χ0n) is 18.8. The number of hydrogen-bond acceptors (Lipinski definition) is 5. The molecule has 1 aromatic heterocycles. The number of nitrogens with zero attached hydrogens (tertiary/aromatic N) is 2. The van der Waals surface area contributed by atoms with Gasteiger partial charge < -0.3 is 20.1 Å². The van der Waals surface area contributed by atoms with Crippen molar-refractivity contribution in [2.75, 3.05) is 19.0 Å². The van der Waals surface area contributed by atoms with Gasteiger partial charge in [0.05, 0.1) is 17.2 Å². The van der Waals surface area contributed by atoms with E-state index in [1.165, 1.54) is 24.1 Å². The normalized spacial score (nSPS) is 12.6. The van der Waals surface area contributed by atoms with Gasteiger partial charge in [0, 0.05) is 25.2 Å². The summed E-state index contributed by atoms with van der Waals surface area (Å²) in [7, 11) is 1.52. The zero-order chi connectivity index (χ0) is 24.7. The van der Waals surface area contributed by atoms with E-state index in [0.717, 1.165) is 10.8 Å². The first kappa shape index (κ1) is 25.2. The highest BCUT2D eigenvalue weighted by Crippen LogP contribution is 2.20. The molecule has 3 aromatic rings. The predicted octanol–water partition coefficient (Wildman–Crippen LogP) is 4.56. The number of carbonyl (C=O) groups is 2. The van der Waals surface area contributed by atoms with Gasteiger partial charge in [-0.3, -0.25) is 5.32 Å². The molecule has 3 N–H and O–H groups in total. The first-order valence-electron chi connectivity index (χ1n) is 10.6. The first-order valence-corrected chi connectivity index (χ1v) is 11.0. The highest BCUT2D eigenvalue weighted by molar-refractivity contribution is 6.31. The summed E-state index contributed by atoms with van der Waals surface area (Å²) < 4.78 is 18.9. The van der Waals surface area contributed by atoms with E-state index in [9.17, 15) is 19.1 Å². The minimum atomic E-state index is -0.744. The minimum absolute atomic E-state index is 0.0101. The van der Waals surface area contributed by atoms with Crippen molar-refractivity contribution < 1.29 is 23.8 Å². The Morgan fingerprint density at radius 3 is 2.68 bits per heavy atom. The average Bonchev–Trinajstić information content (AvgIpc) is 2.81. The maximum atomic E-state index is 13.6. The Balaban J connectivity index is 1.57. The summed E-state index contributed by atoms with van der Waals surface area (Å²) in [5, 5.41) is 16.8. The van der Waals surface area contributed by atoms with E-state index in [1.54, 1.807) is 25.3 Å². The number of amides is 3. The summed E-state index contributed by atoms with van der Waals surface area (Å²) in [5.41, 5.74) is 0.425. The number of likely N-dealkylation sites (N-methyl/N-ethyl adjacent to an activating group) is 1. The van der Waals surface area contributed by atoms with E-state index >= 15 is 0 Å². The number of ether oxygens (including phenoxy) is 1. The topological polar surface area (TPSA) is 104 Å². The van der Waals surface area contributed by atoms with Gasteiger partial charge in [-0.15, -0.1) is 0 Å². The van der Waals surface area contributed by atoms with Gasteiger partial charge in [-0.25, -0.2) is 19.0 Å². The molecule has 34 heavy (non-hydrogen) atoms. The first-order chi connectivity index (χ1) is 16.2. The van der Waals surface area contributed by atoms with Gasteiger partial charge in [0.25, 0.3) is 0 Å². The van der Waals surface area contributed by atoms with Crippen LogP contribution < -0.4 is 10.6 Å². The molecule has 0 unspecified atom stereocenters. The fraction of sp³-hybridized carbons (Fsp3) is 0.292. The number of nitrogens with one attached hydrogen (secondary N) is 2.